The SMILES string of the molecule is O=C(O)C1C(C(=O)O)C2C(=O)C=CC1N2c1ccccc1. The Morgan fingerprint density at radius 3 is 2.19 bits per heavy atom. The van der Waals surface area contributed by atoms with Crippen LogP contribution in [-0.2, 0) is 14.4 Å². The Balaban J connectivity index is 2.14. The van der Waals surface area contributed by atoms with Crippen LogP contribution in [0.15, 0.2) is 42.5 Å². The maximum atomic E-state index is 12.1. The number of fused-ring (bicyclic) bond motifs is 2. The Labute approximate surface area is 120 Å². The van der Waals surface area contributed by atoms with Crippen molar-refractivity contribution in [3.8, 4) is 0 Å². The molecule has 2 aliphatic rings. The molecule has 2 aliphatic heterocycles. The molecule has 1 fully saturated rings. The van der Waals surface area contributed by atoms with Crippen LogP contribution >= 0.6 is 0 Å². The van der Waals surface area contributed by atoms with Gasteiger partial charge in [-0.15, -0.1) is 0 Å². The molecule has 2 N–H and O–H groups in total. The van der Waals surface area contributed by atoms with Gasteiger partial charge in [0.25, 0.3) is 0 Å². The van der Waals surface area contributed by atoms with E-state index in [9.17, 15) is 24.6 Å². The molecule has 0 aromatic heterocycles. The highest BCUT2D eigenvalue weighted by Gasteiger charge is 2.58. The number of nitrogens with zero attached hydrogens (tertiary/aromatic N) is 1. The minimum atomic E-state index is -1.26. The van der Waals surface area contributed by atoms with E-state index in [1.807, 2.05) is 0 Å². The Kier molecular flexibility index (Phi) is 3.01. The second-order valence-corrected chi connectivity index (χ2v) is 5.17. The van der Waals surface area contributed by atoms with Gasteiger partial charge in [0.05, 0.1) is 12.0 Å². The van der Waals surface area contributed by atoms with Gasteiger partial charge in [0.2, 0.25) is 0 Å². The molecule has 2 bridgehead atoms. The third kappa shape index (κ3) is 1.91. The molecule has 0 aliphatic carbocycles. The summed E-state index contributed by atoms with van der Waals surface area (Å²) in [5.41, 5.74) is 0.653. The lowest BCUT2D eigenvalue weighted by Crippen LogP contribution is -2.46. The monoisotopic (exact) mass is 287 g/mol. The van der Waals surface area contributed by atoms with Crippen LogP contribution in [0.5, 0.6) is 0 Å². The largest absolute Gasteiger partial charge is 0.481 e. The summed E-state index contributed by atoms with van der Waals surface area (Å²) in [5.74, 6) is -5.22. The first kappa shape index (κ1) is 13.4. The summed E-state index contributed by atoms with van der Waals surface area (Å²) >= 11 is 0. The summed E-state index contributed by atoms with van der Waals surface area (Å²) in [6.07, 6.45) is 2.79. The molecule has 108 valence electrons. The second-order valence-electron chi connectivity index (χ2n) is 5.17. The molecule has 4 unspecified atom stereocenters. The first-order valence-corrected chi connectivity index (χ1v) is 6.53. The van der Waals surface area contributed by atoms with Gasteiger partial charge < -0.3 is 15.1 Å². The van der Waals surface area contributed by atoms with Gasteiger partial charge >= 0.3 is 11.9 Å². The van der Waals surface area contributed by atoms with E-state index in [-0.39, 0.29) is 5.78 Å². The van der Waals surface area contributed by atoms with Crippen molar-refractivity contribution >= 4 is 23.4 Å². The molecule has 4 atom stereocenters. The van der Waals surface area contributed by atoms with Crippen LogP contribution in [0.25, 0.3) is 0 Å². The number of anilines is 1. The van der Waals surface area contributed by atoms with Crippen LogP contribution in [0.2, 0.25) is 0 Å². The van der Waals surface area contributed by atoms with Crippen molar-refractivity contribution in [2.45, 2.75) is 12.1 Å². The number of aliphatic carboxylic acids is 2. The molecule has 21 heavy (non-hydrogen) atoms. The van der Waals surface area contributed by atoms with E-state index in [2.05, 4.69) is 0 Å². The van der Waals surface area contributed by atoms with Crippen molar-refractivity contribution < 1.29 is 24.6 Å². The van der Waals surface area contributed by atoms with E-state index >= 15 is 0 Å². The summed E-state index contributed by atoms with van der Waals surface area (Å²) in [6.45, 7) is 0. The van der Waals surface area contributed by atoms with E-state index in [1.165, 1.54) is 12.2 Å². The lowest BCUT2D eigenvalue weighted by Gasteiger charge is -2.33. The van der Waals surface area contributed by atoms with Crippen LogP contribution in [0.4, 0.5) is 5.69 Å². The summed E-state index contributed by atoms with van der Waals surface area (Å²) in [4.78, 5) is 36.8. The highest BCUT2D eigenvalue weighted by molar-refractivity contribution is 6.04. The molecule has 3 rings (SSSR count). The topological polar surface area (TPSA) is 94.9 Å². The van der Waals surface area contributed by atoms with Crippen molar-refractivity contribution in [3.63, 3.8) is 0 Å². The average molecular weight is 287 g/mol. The zero-order valence-electron chi connectivity index (χ0n) is 10.9. The summed E-state index contributed by atoms with van der Waals surface area (Å²) in [7, 11) is 0. The molecule has 0 radical (unpaired) electrons. The van der Waals surface area contributed by atoms with Crippen LogP contribution in [0, 0.1) is 11.8 Å². The maximum absolute atomic E-state index is 12.1. The number of rotatable bonds is 3. The molecule has 6 heteroatoms. The number of carbonyl (C=O) groups excluding carboxylic acids is 1. The minimum absolute atomic E-state index is 0.369. The molecule has 0 spiro atoms. The Bertz CT molecular complexity index is 639. The lowest BCUT2D eigenvalue weighted by molar-refractivity contribution is -0.153. The van der Waals surface area contributed by atoms with Crippen LogP contribution in [0.1, 0.15) is 0 Å². The van der Waals surface area contributed by atoms with Gasteiger partial charge in [-0.3, -0.25) is 14.4 Å². The standard InChI is InChI=1S/C15H13NO5/c17-10-7-6-9-11(14(18)19)12(15(20)21)13(10)16(9)8-4-2-1-3-5-8/h1-7,9,11-13H,(H,18,19)(H,20,21). The molecule has 1 aromatic carbocycles. The van der Waals surface area contributed by atoms with E-state index in [1.54, 1.807) is 35.2 Å². The van der Waals surface area contributed by atoms with Crippen LogP contribution in [-0.4, -0.2) is 40.0 Å². The van der Waals surface area contributed by atoms with Gasteiger partial charge in [0.1, 0.15) is 12.0 Å². The number of carboxylic acids is 2. The number of benzene rings is 1. The zero-order valence-corrected chi connectivity index (χ0v) is 10.9. The molecule has 1 saturated heterocycles. The van der Waals surface area contributed by atoms with Gasteiger partial charge in [-0.25, -0.2) is 0 Å². The average Bonchev–Trinajstić information content (AvgIpc) is 2.73. The second kappa shape index (κ2) is 4.73. The van der Waals surface area contributed by atoms with Gasteiger partial charge in [-0.1, -0.05) is 24.3 Å². The van der Waals surface area contributed by atoms with Gasteiger partial charge in [0, 0.05) is 5.69 Å². The molecule has 0 amide bonds. The van der Waals surface area contributed by atoms with Crippen LogP contribution in [0.3, 0.4) is 0 Å². The third-order valence-electron chi connectivity index (χ3n) is 4.09. The van der Waals surface area contributed by atoms with Crippen molar-refractivity contribution in [2.24, 2.45) is 11.8 Å². The zero-order chi connectivity index (χ0) is 15.1. The van der Waals surface area contributed by atoms with Crippen molar-refractivity contribution in [2.75, 3.05) is 4.90 Å². The molecule has 2 heterocycles. The smallest absolute Gasteiger partial charge is 0.310 e. The van der Waals surface area contributed by atoms with Gasteiger partial charge in [-0.2, -0.15) is 0 Å². The highest BCUT2D eigenvalue weighted by atomic mass is 16.4. The normalized spacial score (nSPS) is 30.5. The first-order valence-electron chi connectivity index (χ1n) is 6.53. The molecular formula is C15H13NO5. The van der Waals surface area contributed by atoms with Crippen molar-refractivity contribution in [1.29, 1.82) is 0 Å². The Morgan fingerprint density at radius 1 is 1.00 bits per heavy atom. The van der Waals surface area contributed by atoms with E-state index < -0.39 is 35.9 Å². The summed E-state index contributed by atoms with van der Waals surface area (Å²) in [5, 5.41) is 18.8. The van der Waals surface area contributed by atoms with Gasteiger partial charge in [-0.05, 0) is 18.2 Å². The predicted molar refractivity (Wildman–Crippen MR) is 72.9 cm³/mol. The number of carboxylic acid groups (broad SMARTS) is 2. The number of ketones is 1. The number of hydrogen-bond donors (Lipinski definition) is 2. The van der Waals surface area contributed by atoms with Crippen molar-refractivity contribution in [1.82, 2.24) is 0 Å². The lowest BCUT2D eigenvalue weighted by atomic mass is 9.88. The fourth-order valence-corrected chi connectivity index (χ4v) is 3.28. The van der Waals surface area contributed by atoms with E-state index in [0.29, 0.717) is 5.69 Å². The minimum Gasteiger partial charge on any atom is -0.481 e. The van der Waals surface area contributed by atoms with E-state index in [4.69, 9.17) is 0 Å². The number of hydrogen-bond acceptors (Lipinski definition) is 4. The first-order chi connectivity index (χ1) is 10.0. The molecule has 1 aromatic rings. The quantitative estimate of drug-likeness (QED) is 0.853. The summed E-state index contributed by atoms with van der Waals surface area (Å²) < 4.78 is 0. The maximum Gasteiger partial charge on any atom is 0.310 e. The van der Waals surface area contributed by atoms with Crippen molar-refractivity contribution in [3.05, 3.63) is 42.5 Å². The fraction of sp³-hybridized carbons (Fsp3) is 0.267. The molecular weight excluding hydrogens is 274 g/mol. The fourth-order valence-electron chi connectivity index (χ4n) is 3.28. The summed E-state index contributed by atoms with van der Waals surface area (Å²) in [6, 6.07) is 7.23. The highest BCUT2D eigenvalue weighted by Crippen LogP contribution is 2.42. The molecule has 6 nitrogen and oxygen atoms in total. The van der Waals surface area contributed by atoms with Gasteiger partial charge in [0.15, 0.2) is 5.78 Å². The Hall–Kier alpha value is -2.63. The Morgan fingerprint density at radius 2 is 1.62 bits per heavy atom. The number of carbonyl (C=O) groups is 3. The van der Waals surface area contributed by atoms with E-state index in [0.717, 1.165) is 0 Å². The van der Waals surface area contributed by atoms with Crippen LogP contribution < -0.4 is 4.90 Å². The predicted octanol–water partition coefficient (Wildman–Crippen LogP) is 0.784. The number of para-hydroxylation sites is 1. The molecule has 0 saturated carbocycles. The third-order valence-corrected chi connectivity index (χ3v) is 4.09.